The molecule has 2 aromatic heterocycles. The quantitative estimate of drug-likeness (QED) is 0.854. The Morgan fingerprint density at radius 1 is 1.12 bits per heavy atom. The normalized spacial score (nSPS) is 20.2. The Morgan fingerprint density at radius 3 is 2.44 bits per heavy atom. The fraction of sp³-hybridized carbons (Fsp3) is 0.684. The zero-order chi connectivity index (χ0) is 17.6. The van der Waals surface area contributed by atoms with E-state index in [9.17, 15) is 0 Å². The molecular formula is C19H29N5O. The van der Waals surface area contributed by atoms with Crippen LogP contribution in [0, 0.1) is 0 Å². The molecule has 25 heavy (non-hydrogen) atoms. The lowest BCUT2D eigenvalue weighted by molar-refractivity contribution is 0.0867. The highest BCUT2D eigenvalue weighted by atomic mass is 16.5. The van der Waals surface area contributed by atoms with Crippen molar-refractivity contribution in [2.75, 3.05) is 20.2 Å². The number of rotatable bonds is 4. The molecule has 1 aliphatic heterocycles. The van der Waals surface area contributed by atoms with E-state index >= 15 is 0 Å². The van der Waals surface area contributed by atoms with Gasteiger partial charge in [0.25, 0.3) is 5.88 Å². The van der Waals surface area contributed by atoms with E-state index in [-0.39, 0.29) is 5.54 Å². The third-order valence-electron chi connectivity index (χ3n) is 5.56. The number of nitrogens with zero attached hydrogens (tertiary/aromatic N) is 5. The van der Waals surface area contributed by atoms with Crippen LogP contribution in [0.1, 0.15) is 64.1 Å². The Labute approximate surface area is 149 Å². The molecule has 2 aliphatic rings. The Bertz CT molecular complexity index is 729. The van der Waals surface area contributed by atoms with Crippen LogP contribution in [0.2, 0.25) is 0 Å². The van der Waals surface area contributed by atoms with Gasteiger partial charge in [0, 0.05) is 36.4 Å². The summed E-state index contributed by atoms with van der Waals surface area (Å²) >= 11 is 0. The van der Waals surface area contributed by atoms with Crippen LogP contribution in [-0.4, -0.2) is 50.2 Å². The lowest BCUT2D eigenvalue weighted by Gasteiger charge is -2.40. The summed E-state index contributed by atoms with van der Waals surface area (Å²) in [6, 6.07) is 2.55. The molecule has 1 saturated carbocycles. The van der Waals surface area contributed by atoms with Crippen LogP contribution in [0.3, 0.4) is 0 Å². The lowest BCUT2D eigenvalue weighted by atomic mass is 9.98. The first kappa shape index (κ1) is 16.6. The molecular weight excluding hydrogens is 314 g/mol. The van der Waals surface area contributed by atoms with Crippen molar-refractivity contribution in [1.29, 1.82) is 0 Å². The monoisotopic (exact) mass is 343 g/mol. The summed E-state index contributed by atoms with van der Waals surface area (Å²) in [5.41, 5.74) is 2.49. The van der Waals surface area contributed by atoms with Crippen molar-refractivity contribution in [3.63, 3.8) is 0 Å². The maximum absolute atomic E-state index is 5.57. The van der Waals surface area contributed by atoms with E-state index in [0.29, 0.717) is 17.8 Å². The van der Waals surface area contributed by atoms with Crippen LogP contribution in [0.5, 0.6) is 5.88 Å². The van der Waals surface area contributed by atoms with E-state index < -0.39 is 0 Å². The number of hydrogen-bond donors (Lipinski definition) is 0. The molecule has 6 heteroatoms. The zero-order valence-electron chi connectivity index (χ0n) is 15.8. The summed E-state index contributed by atoms with van der Waals surface area (Å²) < 4.78 is 9.69. The summed E-state index contributed by atoms with van der Waals surface area (Å²) in [7, 11) is 1.69. The molecule has 0 radical (unpaired) electrons. The van der Waals surface area contributed by atoms with Gasteiger partial charge in [0.2, 0.25) is 0 Å². The standard InChI is InChI=1S/C19H29N5O/c1-19(2,3)22-11-8-15(9-12-22)23-13-17(18(21-23)25-4)24-16(7-10-20-24)14-5-6-14/h7,10,13-15H,5-6,8-9,11-12H2,1-4H3. The van der Waals surface area contributed by atoms with Crippen molar-refractivity contribution in [3.8, 4) is 11.6 Å². The van der Waals surface area contributed by atoms with Crippen LogP contribution in [-0.2, 0) is 0 Å². The third kappa shape index (κ3) is 3.19. The van der Waals surface area contributed by atoms with Gasteiger partial charge in [0.15, 0.2) is 0 Å². The van der Waals surface area contributed by atoms with E-state index in [0.717, 1.165) is 31.6 Å². The number of likely N-dealkylation sites (tertiary alicyclic amines) is 1. The van der Waals surface area contributed by atoms with Crippen molar-refractivity contribution in [1.82, 2.24) is 24.5 Å². The van der Waals surface area contributed by atoms with E-state index in [1.165, 1.54) is 18.5 Å². The largest absolute Gasteiger partial charge is 0.478 e. The molecule has 0 bridgehead atoms. The second-order valence-corrected chi connectivity index (χ2v) is 8.33. The molecule has 1 aliphatic carbocycles. The van der Waals surface area contributed by atoms with Crippen molar-refractivity contribution in [2.24, 2.45) is 0 Å². The van der Waals surface area contributed by atoms with Crippen LogP contribution < -0.4 is 4.74 Å². The summed E-state index contributed by atoms with van der Waals surface area (Å²) in [6.45, 7) is 9.10. The summed E-state index contributed by atoms with van der Waals surface area (Å²) in [6.07, 6.45) is 8.76. The van der Waals surface area contributed by atoms with Crippen molar-refractivity contribution in [3.05, 3.63) is 24.2 Å². The van der Waals surface area contributed by atoms with Gasteiger partial charge in [-0.15, -0.1) is 5.10 Å². The number of hydrogen-bond acceptors (Lipinski definition) is 4. The Hall–Kier alpha value is -1.82. The van der Waals surface area contributed by atoms with E-state index in [1.54, 1.807) is 7.11 Å². The molecule has 1 saturated heterocycles. The van der Waals surface area contributed by atoms with Crippen LogP contribution >= 0.6 is 0 Å². The predicted octanol–water partition coefficient (Wildman–Crippen LogP) is 3.39. The van der Waals surface area contributed by atoms with Gasteiger partial charge in [0.1, 0.15) is 5.69 Å². The molecule has 2 fully saturated rings. The highest BCUT2D eigenvalue weighted by Gasteiger charge is 2.31. The van der Waals surface area contributed by atoms with Crippen molar-refractivity contribution in [2.45, 2.75) is 64.0 Å². The maximum atomic E-state index is 5.57. The van der Waals surface area contributed by atoms with Gasteiger partial charge < -0.3 is 4.74 Å². The minimum atomic E-state index is 0.242. The number of piperidine rings is 1. The Balaban J connectivity index is 1.56. The highest BCUT2D eigenvalue weighted by Crippen LogP contribution is 2.41. The number of methoxy groups -OCH3 is 1. The van der Waals surface area contributed by atoms with Gasteiger partial charge >= 0.3 is 0 Å². The molecule has 0 atom stereocenters. The molecule has 3 heterocycles. The Morgan fingerprint density at radius 2 is 1.84 bits per heavy atom. The summed E-state index contributed by atoms with van der Waals surface area (Å²) in [5.74, 6) is 1.31. The van der Waals surface area contributed by atoms with E-state index in [1.807, 2.05) is 10.9 Å². The molecule has 0 aromatic carbocycles. The number of ether oxygens (including phenoxy) is 1. The second kappa shape index (κ2) is 6.16. The van der Waals surface area contributed by atoms with Crippen LogP contribution in [0.25, 0.3) is 5.69 Å². The average molecular weight is 343 g/mol. The molecule has 0 N–H and O–H groups in total. The molecule has 2 aromatic rings. The topological polar surface area (TPSA) is 48.1 Å². The molecule has 6 nitrogen and oxygen atoms in total. The fourth-order valence-corrected chi connectivity index (χ4v) is 3.85. The van der Waals surface area contributed by atoms with Gasteiger partial charge in [-0.05, 0) is 52.5 Å². The fourth-order valence-electron chi connectivity index (χ4n) is 3.85. The molecule has 136 valence electrons. The van der Waals surface area contributed by atoms with Crippen LogP contribution in [0.15, 0.2) is 18.5 Å². The molecule has 0 spiro atoms. The first-order valence-electron chi connectivity index (χ1n) is 9.40. The smallest absolute Gasteiger partial charge is 0.258 e. The minimum absolute atomic E-state index is 0.242. The van der Waals surface area contributed by atoms with Gasteiger partial charge in [-0.1, -0.05) is 0 Å². The summed E-state index contributed by atoms with van der Waals surface area (Å²) in [5, 5.41) is 9.27. The zero-order valence-corrected chi connectivity index (χ0v) is 15.8. The van der Waals surface area contributed by atoms with Crippen molar-refractivity contribution < 1.29 is 4.74 Å². The Kier molecular flexibility index (Phi) is 4.10. The van der Waals surface area contributed by atoms with Gasteiger partial charge in [-0.25, -0.2) is 4.68 Å². The first-order valence-corrected chi connectivity index (χ1v) is 9.40. The van der Waals surface area contributed by atoms with E-state index in [2.05, 4.69) is 47.7 Å². The van der Waals surface area contributed by atoms with Gasteiger partial charge in [-0.3, -0.25) is 9.58 Å². The summed E-state index contributed by atoms with van der Waals surface area (Å²) in [4.78, 5) is 2.56. The third-order valence-corrected chi connectivity index (χ3v) is 5.56. The lowest BCUT2D eigenvalue weighted by Crippen LogP contribution is -2.46. The average Bonchev–Trinajstić information content (AvgIpc) is 3.17. The highest BCUT2D eigenvalue weighted by molar-refractivity contribution is 5.42. The van der Waals surface area contributed by atoms with Gasteiger partial charge in [0.05, 0.1) is 19.3 Å². The molecule has 0 amide bonds. The van der Waals surface area contributed by atoms with Crippen molar-refractivity contribution >= 4 is 0 Å². The van der Waals surface area contributed by atoms with Crippen LogP contribution in [0.4, 0.5) is 0 Å². The number of aromatic nitrogens is 4. The first-order chi connectivity index (χ1) is 12.0. The maximum Gasteiger partial charge on any atom is 0.258 e. The molecule has 0 unspecified atom stereocenters. The minimum Gasteiger partial charge on any atom is -0.478 e. The SMILES string of the molecule is COc1nn(C2CCN(C(C)(C)C)CC2)cc1-n1nccc1C1CC1. The van der Waals surface area contributed by atoms with Gasteiger partial charge in [-0.2, -0.15) is 5.10 Å². The second-order valence-electron chi connectivity index (χ2n) is 8.33. The predicted molar refractivity (Wildman–Crippen MR) is 97.5 cm³/mol. The van der Waals surface area contributed by atoms with E-state index in [4.69, 9.17) is 9.84 Å². The molecule has 4 rings (SSSR count).